The summed E-state index contributed by atoms with van der Waals surface area (Å²) in [4.78, 5) is 8.28. The quantitative estimate of drug-likeness (QED) is 0.887. The fourth-order valence-corrected chi connectivity index (χ4v) is 2.79. The molecular formula is C14H27N3S. The molecule has 0 spiro atoms. The Hall–Kier alpha value is -0.610. The van der Waals surface area contributed by atoms with E-state index in [4.69, 9.17) is 0 Å². The highest BCUT2D eigenvalue weighted by Gasteiger charge is 2.17. The average Bonchev–Trinajstić information content (AvgIpc) is 2.54. The first-order valence-electron chi connectivity index (χ1n) is 6.60. The second kappa shape index (κ2) is 6.02. The van der Waals surface area contributed by atoms with Crippen molar-refractivity contribution in [1.29, 1.82) is 0 Å². The third-order valence-corrected chi connectivity index (χ3v) is 3.86. The summed E-state index contributed by atoms with van der Waals surface area (Å²) in [5, 5.41) is 4.58. The molecule has 0 radical (unpaired) electrons. The minimum Gasteiger partial charge on any atom is -0.351 e. The van der Waals surface area contributed by atoms with Crippen molar-refractivity contribution >= 4 is 16.5 Å². The molecule has 104 valence electrons. The summed E-state index contributed by atoms with van der Waals surface area (Å²) in [5.41, 5.74) is 1.45. The lowest BCUT2D eigenvalue weighted by atomic mass is 9.96. The van der Waals surface area contributed by atoms with E-state index in [0.717, 1.165) is 23.9 Å². The molecule has 1 aromatic rings. The van der Waals surface area contributed by atoms with E-state index in [2.05, 4.69) is 63.8 Å². The molecule has 3 nitrogen and oxygen atoms in total. The van der Waals surface area contributed by atoms with Crippen LogP contribution in [-0.4, -0.2) is 24.6 Å². The maximum absolute atomic E-state index is 4.68. The smallest absolute Gasteiger partial charge is 0.185 e. The molecule has 0 atom stereocenters. The van der Waals surface area contributed by atoms with Crippen LogP contribution in [0.1, 0.15) is 45.2 Å². The lowest BCUT2D eigenvalue weighted by molar-refractivity contribution is 0.418. The Bertz CT molecular complexity index is 377. The predicted molar refractivity (Wildman–Crippen MR) is 81.6 cm³/mol. The highest BCUT2D eigenvalue weighted by Crippen LogP contribution is 2.27. The largest absolute Gasteiger partial charge is 0.351 e. The minimum absolute atomic E-state index is 0.296. The van der Waals surface area contributed by atoms with Crippen LogP contribution in [0.4, 0.5) is 5.13 Å². The zero-order valence-corrected chi connectivity index (χ0v) is 13.6. The SMILES string of the molecule is Cc1nc(N(C)CC(C)(C)C)sc1CNC(C)C. The fourth-order valence-electron chi connectivity index (χ4n) is 1.82. The van der Waals surface area contributed by atoms with E-state index in [-0.39, 0.29) is 0 Å². The Morgan fingerprint density at radius 3 is 2.44 bits per heavy atom. The zero-order valence-electron chi connectivity index (χ0n) is 12.8. The Balaban J connectivity index is 2.71. The molecule has 0 fully saturated rings. The van der Waals surface area contributed by atoms with Crippen LogP contribution in [0.15, 0.2) is 0 Å². The number of anilines is 1. The average molecular weight is 269 g/mol. The lowest BCUT2D eigenvalue weighted by Crippen LogP contribution is -2.28. The van der Waals surface area contributed by atoms with E-state index >= 15 is 0 Å². The van der Waals surface area contributed by atoms with Gasteiger partial charge in [-0.1, -0.05) is 34.6 Å². The number of aromatic nitrogens is 1. The number of nitrogens with one attached hydrogen (secondary N) is 1. The molecule has 1 N–H and O–H groups in total. The van der Waals surface area contributed by atoms with Crippen molar-refractivity contribution in [2.24, 2.45) is 5.41 Å². The van der Waals surface area contributed by atoms with Gasteiger partial charge in [0, 0.05) is 31.1 Å². The summed E-state index contributed by atoms with van der Waals surface area (Å²) in [6.07, 6.45) is 0. The van der Waals surface area contributed by atoms with E-state index < -0.39 is 0 Å². The zero-order chi connectivity index (χ0) is 13.9. The standard InChI is InChI=1S/C14H27N3S/c1-10(2)15-8-12-11(3)16-13(18-12)17(7)9-14(4,5)6/h10,15H,8-9H2,1-7H3. The van der Waals surface area contributed by atoms with Crippen LogP contribution in [0.3, 0.4) is 0 Å². The molecule has 0 saturated carbocycles. The number of rotatable bonds is 5. The van der Waals surface area contributed by atoms with Gasteiger partial charge in [0.15, 0.2) is 5.13 Å². The summed E-state index contributed by atoms with van der Waals surface area (Å²) >= 11 is 1.80. The summed E-state index contributed by atoms with van der Waals surface area (Å²) in [6.45, 7) is 15.2. The van der Waals surface area contributed by atoms with Gasteiger partial charge in [0.05, 0.1) is 5.69 Å². The van der Waals surface area contributed by atoms with Gasteiger partial charge in [0.25, 0.3) is 0 Å². The molecule has 1 heterocycles. The van der Waals surface area contributed by atoms with Gasteiger partial charge in [-0.05, 0) is 12.3 Å². The van der Waals surface area contributed by atoms with Crippen molar-refractivity contribution in [1.82, 2.24) is 10.3 Å². The maximum Gasteiger partial charge on any atom is 0.185 e. The number of hydrogen-bond acceptors (Lipinski definition) is 4. The van der Waals surface area contributed by atoms with Crippen LogP contribution in [0, 0.1) is 12.3 Å². The second-order valence-electron chi connectivity index (χ2n) is 6.46. The summed E-state index contributed by atoms with van der Waals surface area (Å²) in [6, 6.07) is 0.516. The van der Waals surface area contributed by atoms with Gasteiger partial charge >= 0.3 is 0 Å². The normalized spacial score (nSPS) is 12.2. The van der Waals surface area contributed by atoms with Gasteiger partial charge in [0.1, 0.15) is 0 Å². The highest BCUT2D eigenvalue weighted by molar-refractivity contribution is 7.15. The van der Waals surface area contributed by atoms with Crippen LogP contribution in [0.25, 0.3) is 0 Å². The molecule has 0 aliphatic heterocycles. The highest BCUT2D eigenvalue weighted by atomic mass is 32.1. The first kappa shape index (κ1) is 15.4. The lowest BCUT2D eigenvalue weighted by Gasteiger charge is -2.26. The molecule has 1 aromatic heterocycles. The van der Waals surface area contributed by atoms with Crippen molar-refractivity contribution in [3.8, 4) is 0 Å². The van der Waals surface area contributed by atoms with E-state index in [1.807, 2.05) is 0 Å². The van der Waals surface area contributed by atoms with E-state index in [9.17, 15) is 0 Å². The Morgan fingerprint density at radius 1 is 1.33 bits per heavy atom. The molecule has 0 bridgehead atoms. The third-order valence-electron chi connectivity index (χ3n) is 2.59. The molecule has 0 aromatic carbocycles. The van der Waals surface area contributed by atoms with Crippen LogP contribution in [0.2, 0.25) is 0 Å². The van der Waals surface area contributed by atoms with Crippen molar-refractivity contribution < 1.29 is 0 Å². The molecule has 0 aliphatic rings. The number of hydrogen-bond donors (Lipinski definition) is 1. The molecule has 4 heteroatoms. The topological polar surface area (TPSA) is 28.2 Å². The molecule has 0 saturated heterocycles. The van der Waals surface area contributed by atoms with Crippen molar-refractivity contribution in [2.45, 2.75) is 54.1 Å². The molecule has 0 amide bonds. The molecule has 1 rings (SSSR count). The number of nitrogens with zero attached hydrogens (tertiary/aromatic N) is 2. The van der Waals surface area contributed by atoms with Crippen LogP contribution in [0.5, 0.6) is 0 Å². The van der Waals surface area contributed by atoms with Gasteiger partial charge in [-0.25, -0.2) is 4.98 Å². The van der Waals surface area contributed by atoms with Crippen molar-refractivity contribution in [3.05, 3.63) is 10.6 Å². The van der Waals surface area contributed by atoms with Crippen LogP contribution < -0.4 is 10.2 Å². The third kappa shape index (κ3) is 4.94. The van der Waals surface area contributed by atoms with Crippen molar-refractivity contribution in [3.63, 3.8) is 0 Å². The molecule has 0 aliphatic carbocycles. The van der Waals surface area contributed by atoms with Gasteiger partial charge in [0.2, 0.25) is 0 Å². The molecule has 0 unspecified atom stereocenters. The second-order valence-corrected chi connectivity index (χ2v) is 7.52. The molecule has 18 heavy (non-hydrogen) atoms. The summed E-state index contributed by atoms with van der Waals surface area (Å²) in [5.74, 6) is 0. The minimum atomic E-state index is 0.296. The van der Waals surface area contributed by atoms with Gasteiger partial charge < -0.3 is 10.2 Å². The number of thiazole rings is 1. The first-order valence-corrected chi connectivity index (χ1v) is 7.41. The van der Waals surface area contributed by atoms with E-state index in [1.165, 1.54) is 4.88 Å². The molecular weight excluding hydrogens is 242 g/mol. The Labute approximate surface area is 116 Å². The Kier molecular flexibility index (Phi) is 5.17. The Morgan fingerprint density at radius 2 is 1.94 bits per heavy atom. The maximum atomic E-state index is 4.68. The monoisotopic (exact) mass is 269 g/mol. The van der Waals surface area contributed by atoms with E-state index in [0.29, 0.717) is 11.5 Å². The first-order chi connectivity index (χ1) is 8.19. The van der Waals surface area contributed by atoms with Gasteiger partial charge in [-0.2, -0.15) is 0 Å². The predicted octanol–water partition coefficient (Wildman–Crippen LogP) is 3.43. The number of aryl methyl sites for hydroxylation is 1. The van der Waals surface area contributed by atoms with Crippen LogP contribution >= 0.6 is 11.3 Å². The summed E-state index contributed by atoms with van der Waals surface area (Å²) in [7, 11) is 2.13. The summed E-state index contributed by atoms with van der Waals surface area (Å²) < 4.78 is 0. The van der Waals surface area contributed by atoms with Crippen molar-refractivity contribution in [2.75, 3.05) is 18.5 Å². The van der Waals surface area contributed by atoms with Crippen LogP contribution in [-0.2, 0) is 6.54 Å². The fraction of sp³-hybridized carbons (Fsp3) is 0.786. The van der Waals surface area contributed by atoms with Gasteiger partial charge in [-0.3, -0.25) is 0 Å². The van der Waals surface area contributed by atoms with Gasteiger partial charge in [-0.15, -0.1) is 11.3 Å². The van der Waals surface area contributed by atoms with E-state index in [1.54, 1.807) is 11.3 Å².